The molecule has 0 bridgehead atoms. The SMILES string of the molecule is CC(CNCC1CCCO1)OCc1cccc(Cl)c1. The van der Waals surface area contributed by atoms with Gasteiger partial charge in [0.1, 0.15) is 0 Å². The summed E-state index contributed by atoms with van der Waals surface area (Å²) < 4.78 is 11.3. The summed E-state index contributed by atoms with van der Waals surface area (Å²) in [5.41, 5.74) is 1.11. The molecule has 19 heavy (non-hydrogen) atoms. The van der Waals surface area contributed by atoms with Gasteiger partial charge in [0.2, 0.25) is 0 Å². The van der Waals surface area contributed by atoms with E-state index in [0.717, 1.165) is 30.3 Å². The summed E-state index contributed by atoms with van der Waals surface area (Å²) in [7, 11) is 0. The van der Waals surface area contributed by atoms with Gasteiger partial charge in [-0.15, -0.1) is 0 Å². The Labute approximate surface area is 120 Å². The predicted octanol–water partition coefficient (Wildman–Crippen LogP) is 3.01. The molecule has 2 unspecified atom stereocenters. The zero-order valence-electron chi connectivity index (χ0n) is 11.4. The van der Waals surface area contributed by atoms with Crippen molar-refractivity contribution in [1.82, 2.24) is 5.32 Å². The second-order valence-corrected chi connectivity index (χ2v) is 5.48. The second kappa shape index (κ2) is 7.85. The van der Waals surface area contributed by atoms with E-state index in [1.807, 2.05) is 24.3 Å². The first-order valence-electron chi connectivity index (χ1n) is 6.92. The first kappa shape index (κ1) is 14.8. The molecule has 1 aromatic carbocycles. The molecule has 3 nitrogen and oxygen atoms in total. The molecule has 0 spiro atoms. The molecule has 0 aromatic heterocycles. The van der Waals surface area contributed by atoms with Crippen molar-refractivity contribution in [3.63, 3.8) is 0 Å². The van der Waals surface area contributed by atoms with Gasteiger partial charge in [0.15, 0.2) is 0 Å². The normalized spacial score (nSPS) is 20.6. The lowest BCUT2D eigenvalue weighted by molar-refractivity contribution is 0.0486. The smallest absolute Gasteiger partial charge is 0.0721 e. The number of hydrogen-bond acceptors (Lipinski definition) is 3. The second-order valence-electron chi connectivity index (χ2n) is 5.04. The highest BCUT2D eigenvalue weighted by atomic mass is 35.5. The molecule has 1 aliphatic rings. The van der Waals surface area contributed by atoms with Crippen LogP contribution in [0.4, 0.5) is 0 Å². The fourth-order valence-electron chi connectivity index (χ4n) is 2.18. The van der Waals surface area contributed by atoms with Crippen LogP contribution in [0.3, 0.4) is 0 Å². The van der Waals surface area contributed by atoms with Crippen LogP contribution in [0.5, 0.6) is 0 Å². The van der Waals surface area contributed by atoms with E-state index in [4.69, 9.17) is 21.1 Å². The Morgan fingerprint density at radius 2 is 2.42 bits per heavy atom. The van der Waals surface area contributed by atoms with Crippen molar-refractivity contribution in [2.75, 3.05) is 19.7 Å². The minimum absolute atomic E-state index is 0.181. The molecule has 0 aliphatic carbocycles. The Hall–Kier alpha value is -0.610. The Kier molecular flexibility index (Phi) is 6.11. The number of benzene rings is 1. The molecule has 1 saturated heterocycles. The van der Waals surface area contributed by atoms with E-state index in [9.17, 15) is 0 Å². The maximum atomic E-state index is 5.93. The Balaban J connectivity index is 1.60. The van der Waals surface area contributed by atoms with Gasteiger partial charge in [0.25, 0.3) is 0 Å². The van der Waals surface area contributed by atoms with E-state index in [2.05, 4.69) is 12.2 Å². The molecule has 1 aromatic rings. The fourth-order valence-corrected chi connectivity index (χ4v) is 2.39. The number of rotatable bonds is 7. The Morgan fingerprint density at radius 1 is 1.53 bits per heavy atom. The van der Waals surface area contributed by atoms with E-state index in [0.29, 0.717) is 12.7 Å². The van der Waals surface area contributed by atoms with Crippen LogP contribution in [0, 0.1) is 0 Å². The van der Waals surface area contributed by atoms with Gasteiger partial charge in [-0.05, 0) is 37.5 Å². The molecule has 1 fully saturated rings. The first-order chi connectivity index (χ1) is 9.24. The van der Waals surface area contributed by atoms with Crippen molar-refractivity contribution < 1.29 is 9.47 Å². The van der Waals surface area contributed by atoms with E-state index in [1.54, 1.807) is 0 Å². The van der Waals surface area contributed by atoms with Gasteiger partial charge in [0.05, 0.1) is 18.8 Å². The quantitative estimate of drug-likeness (QED) is 0.834. The molecular formula is C15H22ClNO2. The summed E-state index contributed by atoms with van der Waals surface area (Å²) in [6, 6.07) is 7.78. The third kappa shape index (κ3) is 5.49. The molecule has 0 saturated carbocycles. The molecule has 2 atom stereocenters. The molecule has 2 rings (SSSR count). The summed E-state index contributed by atoms with van der Waals surface area (Å²) in [6.07, 6.45) is 2.93. The third-order valence-corrected chi connectivity index (χ3v) is 3.49. The van der Waals surface area contributed by atoms with E-state index in [-0.39, 0.29) is 6.10 Å². The topological polar surface area (TPSA) is 30.5 Å². The Bertz CT molecular complexity index is 380. The van der Waals surface area contributed by atoms with Gasteiger partial charge in [0, 0.05) is 24.7 Å². The number of hydrogen-bond donors (Lipinski definition) is 1. The van der Waals surface area contributed by atoms with Crippen LogP contribution in [0.25, 0.3) is 0 Å². The van der Waals surface area contributed by atoms with E-state index < -0.39 is 0 Å². The van der Waals surface area contributed by atoms with Crippen molar-refractivity contribution in [3.8, 4) is 0 Å². The van der Waals surface area contributed by atoms with Crippen LogP contribution in [0.1, 0.15) is 25.3 Å². The van der Waals surface area contributed by atoms with Gasteiger partial charge in [-0.3, -0.25) is 0 Å². The average molecular weight is 284 g/mol. The number of ether oxygens (including phenoxy) is 2. The first-order valence-corrected chi connectivity index (χ1v) is 7.30. The predicted molar refractivity (Wildman–Crippen MR) is 77.5 cm³/mol. The van der Waals surface area contributed by atoms with Crippen LogP contribution < -0.4 is 5.32 Å². The third-order valence-electron chi connectivity index (χ3n) is 3.25. The van der Waals surface area contributed by atoms with Gasteiger partial charge < -0.3 is 14.8 Å². The molecule has 4 heteroatoms. The summed E-state index contributed by atoms with van der Waals surface area (Å²) in [4.78, 5) is 0. The van der Waals surface area contributed by atoms with Crippen LogP contribution in [-0.4, -0.2) is 31.9 Å². The van der Waals surface area contributed by atoms with Crippen molar-refractivity contribution in [2.45, 2.75) is 38.6 Å². The van der Waals surface area contributed by atoms with Gasteiger partial charge in [-0.25, -0.2) is 0 Å². The van der Waals surface area contributed by atoms with Crippen LogP contribution in [0.2, 0.25) is 5.02 Å². The van der Waals surface area contributed by atoms with Crippen LogP contribution >= 0.6 is 11.6 Å². The van der Waals surface area contributed by atoms with Gasteiger partial charge in [-0.1, -0.05) is 23.7 Å². The lowest BCUT2D eigenvalue weighted by Crippen LogP contribution is -2.32. The zero-order valence-corrected chi connectivity index (χ0v) is 12.2. The highest BCUT2D eigenvalue weighted by Crippen LogP contribution is 2.12. The standard InChI is InChI=1S/C15H22ClNO2/c1-12(9-17-10-15-6-3-7-18-15)19-11-13-4-2-5-14(16)8-13/h2,4-5,8,12,15,17H,3,6-7,9-11H2,1H3. The molecule has 1 aliphatic heterocycles. The maximum absolute atomic E-state index is 5.93. The van der Waals surface area contributed by atoms with Crippen LogP contribution in [-0.2, 0) is 16.1 Å². The number of halogens is 1. The summed E-state index contributed by atoms with van der Waals surface area (Å²) in [5, 5.41) is 4.15. The van der Waals surface area contributed by atoms with Gasteiger partial charge >= 0.3 is 0 Å². The number of nitrogens with one attached hydrogen (secondary N) is 1. The molecule has 0 radical (unpaired) electrons. The highest BCUT2D eigenvalue weighted by Gasteiger charge is 2.14. The zero-order chi connectivity index (χ0) is 13.5. The van der Waals surface area contributed by atoms with Crippen molar-refractivity contribution in [3.05, 3.63) is 34.9 Å². The molecule has 1 N–H and O–H groups in total. The summed E-state index contributed by atoms with van der Waals surface area (Å²) >= 11 is 5.93. The molecule has 1 heterocycles. The largest absolute Gasteiger partial charge is 0.377 e. The van der Waals surface area contributed by atoms with Gasteiger partial charge in [-0.2, -0.15) is 0 Å². The maximum Gasteiger partial charge on any atom is 0.0721 e. The van der Waals surface area contributed by atoms with Crippen LogP contribution in [0.15, 0.2) is 24.3 Å². The molecule has 0 amide bonds. The minimum Gasteiger partial charge on any atom is -0.377 e. The summed E-state index contributed by atoms with van der Waals surface area (Å²) in [6.45, 7) is 5.36. The minimum atomic E-state index is 0.181. The Morgan fingerprint density at radius 3 is 3.16 bits per heavy atom. The van der Waals surface area contributed by atoms with Crippen molar-refractivity contribution >= 4 is 11.6 Å². The molecular weight excluding hydrogens is 262 g/mol. The average Bonchev–Trinajstić information content (AvgIpc) is 2.90. The van der Waals surface area contributed by atoms with E-state index in [1.165, 1.54) is 12.8 Å². The highest BCUT2D eigenvalue weighted by molar-refractivity contribution is 6.30. The van der Waals surface area contributed by atoms with Crippen molar-refractivity contribution in [1.29, 1.82) is 0 Å². The summed E-state index contributed by atoms with van der Waals surface area (Å²) in [5.74, 6) is 0. The molecule has 106 valence electrons. The fraction of sp³-hybridized carbons (Fsp3) is 0.600. The van der Waals surface area contributed by atoms with Crippen molar-refractivity contribution in [2.24, 2.45) is 0 Å². The van der Waals surface area contributed by atoms with E-state index >= 15 is 0 Å². The lowest BCUT2D eigenvalue weighted by atomic mass is 10.2. The monoisotopic (exact) mass is 283 g/mol. The lowest BCUT2D eigenvalue weighted by Gasteiger charge is -2.16.